The second kappa shape index (κ2) is 13.0. The summed E-state index contributed by atoms with van der Waals surface area (Å²) in [6.07, 6.45) is 0. The summed E-state index contributed by atoms with van der Waals surface area (Å²) < 4.78 is 25.8. The molecule has 0 bridgehead atoms. The molecule has 0 amide bonds. The van der Waals surface area contributed by atoms with E-state index >= 15 is 0 Å². The fourth-order valence-corrected chi connectivity index (χ4v) is 7.58. The number of aromatic amines is 2. The van der Waals surface area contributed by atoms with Crippen molar-refractivity contribution in [2.24, 2.45) is 0 Å². The van der Waals surface area contributed by atoms with Crippen molar-refractivity contribution in [3.63, 3.8) is 0 Å². The van der Waals surface area contributed by atoms with E-state index in [4.69, 9.17) is 11.5 Å². The topological polar surface area (TPSA) is 175 Å². The third-order valence-corrected chi connectivity index (χ3v) is 11.0. The molecule has 236 valence electrons. The maximum Gasteiger partial charge on any atom is 0.202 e. The lowest BCUT2D eigenvalue weighted by atomic mass is 10.0. The number of hydrogen-bond acceptors (Lipinski definition) is 6. The molecule has 0 aliphatic rings. The van der Waals surface area contributed by atoms with Crippen molar-refractivity contribution in [3.8, 4) is 0 Å². The Bertz CT molecular complexity index is 1980. The van der Waals surface area contributed by atoms with Gasteiger partial charge in [0.1, 0.15) is 21.6 Å². The van der Waals surface area contributed by atoms with Crippen molar-refractivity contribution in [1.82, 2.24) is 19.9 Å². The maximum atomic E-state index is 12.9. The van der Waals surface area contributed by atoms with Gasteiger partial charge >= 0.3 is 0 Å². The number of H-pyrrole nitrogens is 2. The molecule has 0 aliphatic heterocycles. The number of imidazole rings is 2. The molecule has 6 rings (SSSR count). The summed E-state index contributed by atoms with van der Waals surface area (Å²) >= 11 is 0. The number of aryl methyl sites for hydroxylation is 4. The van der Waals surface area contributed by atoms with Crippen LogP contribution in [0.4, 0.5) is 11.4 Å². The van der Waals surface area contributed by atoms with Gasteiger partial charge in [-0.1, -0.05) is 12.1 Å². The van der Waals surface area contributed by atoms with Crippen LogP contribution in [0.15, 0.2) is 68.6 Å². The molecule has 0 radical (unpaired) electrons. The molecule has 0 fully saturated rings. The van der Waals surface area contributed by atoms with Crippen molar-refractivity contribution >= 4 is 55.0 Å². The van der Waals surface area contributed by atoms with Gasteiger partial charge in [-0.25, -0.2) is 18.4 Å². The van der Waals surface area contributed by atoms with Gasteiger partial charge in [-0.3, -0.25) is 0 Å². The van der Waals surface area contributed by atoms with E-state index < -0.39 is 21.6 Å². The van der Waals surface area contributed by atoms with Crippen LogP contribution in [-0.4, -0.2) is 33.8 Å². The number of anilines is 2. The van der Waals surface area contributed by atoms with E-state index in [-0.39, 0.29) is 5.48 Å². The van der Waals surface area contributed by atoms with E-state index in [2.05, 4.69) is 19.9 Å². The summed E-state index contributed by atoms with van der Waals surface area (Å²) in [5, 5.41) is 0.928. The molecule has 2 heterocycles. The van der Waals surface area contributed by atoms with E-state index in [1.165, 1.54) is 0 Å². The minimum atomic E-state index is -1.37. The molecular weight excluding hydrogens is 605 g/mol. The van der Waals surface area contributed by atoms with Crippen molar-refractivity contribution in [2.45, 2.75) is 75.5 Å². The number of hydrogen-bond donors (Lipinski definition) is 4. The fourth-order valence-electron chi connectivity index (χ4n) is 5.05. The summed E-state index contributed by atoms with van der Waals surface area (Å²) in [6.45, 7) is 15.8. The Labute approximate surface area is 268 Å². The highest BCUT2D eigenvalue weighted by atomic mass is 32.2. The number of aromatic nitrogens is 4. The van der Waals surface area contributed by atoms with Crippen molar-refractivity contribution < 1.29 is 13.9 Å². The van der Waals surface area contributed by atoms with Gasteiger partial charge in [0.05, 0.1) is 31.9 Å². The Hall–Kier alpha value is -4.32. The molecule has 2 unspecified atom stereocenters. The number of nitrogens with zero attached hydrogens (tertiary/aromatic N) is 2. The molecule has 4 aromatic carbocycles. The van der Waals surface area contributed by atoms with Gasteiger partial charge in [0.15, 0.2) is 0 Å². The van der Waals surface area contributed by atoms with Crippen molar-refractivity contribution in [1.29, 1.82) is 0 Å². The van der Waals surface area contributed by atoms with Crippen LogP contribution in [0.25, 0.3) is 22.1 Å². The van der Waals surface area contributed by atoms with Crippen molar-refractivity contribution in [2.75, 3.05) is 11.5 Å². The number of nitrogens with one attached hydrogen (secondary N) is 2. The van der Waals surface area contributed by atoms with E-state index in [1.54, 1.807) is 0 Å². The summed E-state index contributed by atoms with van der Waals surface area (Å²) in [6, 6.07) is 15.7. The SMILES string of the molecule is Cc1ccc2nc(S(=O)c3cc(C)c(C)c(N)c3C)[nH]c2c1.Cc1ccc2nc(S(=O)c3cc(C)c(C)c(N)c3C)[nH]c2c1.O. The lowest BCUT2D eigenvalue weighted by molar-refractivity contribution is 0.676. The minimum Gasteiger partial charge on any atom is -0.412 e. The Kier molecular flexibility index (Phi) is 9.67. The summed E-state index contributed by atoms with van der Waals surface area (Å²) in [5.41, 5.74) is 25.3. The summed E-state index contributed by atoms with van der Waals surface area (Å²) in [4.78, 5) is 16.7. The second-order valence-corrected chi connectivity index (χ2v) is 14.1. The van der Waals surface area contributed by atoms with Crippen LogP contribution in [0.2, 0.25) is 0 Å². The zero-order valence-electron chi connectivity index (χ0n) is 26.8. The Morgan fingerprint density at radius 1 is 0.556 bits per heavy atom. The number of nitrogen functional groups attached to an aromatic ring is 2. The zero-order valence-corrected chi connectivity index (χ0v) is 28.4. The minimum absolute atomic E-state index is 0. The highest BCUT2D eigenvalue weighted by Crippen LogP contribution is 2.30. The molecule has 45 heavy (non-hydrogen) atoms. The third kappa shape index (κ3) is 6.42. The Balaban J connectivity index is 0.000000200. The Morgan fingerprint density at radius 2 is 0.911 bits per heavy atom. The standard InChI is InChI=1S/2C17H19N3OS.H2O/c2*1-9-5-6-13-14(7-9)20-17(19-13)22(21)15-8-10(2)11(3)16(18)12(15)4;/h2*5-8H,18H2,1-4H3,(H,19,20);1H2. The average molecular weight is 645 g/mol. The van der Waals surface area contributed by atoms with Crippen LogP contribution >= 0.6 is 0 Å². The van der Waals surface area contributed by atoms with Gasteiger partial charge in [0.2, 0.25) is 10.3 Å². The van der Waals surface area contributed by atoms with Crippen LogP contribution < -0.4 is 11.5 Å². The van der Waals surface area contributed by atoms with Crippen LogP contribution in [0.5, 0.6) is 0 Å². The normalized spacial score (nSPS) is 12.4. The second-order valence-electron chi connectivity index (χ2n) is 11.4. The monoisotopic (exact) mass is 644 g/mol. The number of fused-ring (bicyclic) bond motifs is 2. The van der Waals surface area contributed by atoms with Crippen molar-refractivity contribution in [3.05, 3.63) is 93.0 Å². The molecule has 2 aromatic heterocycles. The van der Waals surface area contributed by atoms with Crippen LogP contribution in [0.3, 0.4) is 0 Å². The first kappa shape index (κ1) is 33.6. The van der Waals surface area contributed by atoms with Gasteiger partial charge in [-0.2, -0.15) is 0 Å². The van der Waals surface area contributed by atoms with Gasteiger partial charge in [-0.15, -0.1) is 0 Å². The first-order valence-corrected chi connectivity index (χ1v) is 16.6. The third-order valence-electron chi connectivity index (χ3n) is 8.22. The lowest BCUT2D eigenvalue weighted by Crippen LogP contribution is -2.04. The average Bonchev–Trinajstić information content (AvgIpc) is 3.62. The van der Waals surface area contributed by atoms with E-state index in [1.807, 2.05) is 104 Å². The van der Waals surface area contributed by atoms with E-state index in [9.17, 15) is 8.42 Å². The van der Waals surface area contributed by atoms with Gasteiger partial charge in [0, 0.05) is 11.4 Å². The molecule has 8 N–H and O–H groups in total. The Morgan fingerprint density at radius 3 is 1.27 bits per heavy atom. The summed E-state index contributed by atoms with van der Waals surface area (Å²) in [7, 11) is -2.75. The lowest BCUT2D eigenvalue weighted by Gasteiger charge is -2.12. The molecule has 0 saturated heterocycles. The van der Waals surface area contributed by atoms with Gasteiger partial charge < -0.3 is 26.9 Å². The maximum absolute atomic E-state index is 12.9. The number of rotatable bonds is 4. The van der Waals surface area contributed by atoms with Gasteiger partial charge in [0.25, 0.3) is 0 Å². The van der Waals surface area contributed by atoms with Crippen LogP contribution in [-0.2, 0) is 21.6 Å². The van der Waals surface area contributed by atoms with Crippen LogP contribution in [0.1, 0.15) is 44.5 Å². The highest BCUT2D eigenvalue weighted by Gasteiger charge is 2.19. The zero-order chi connectivity index (χ0) is 32.0. The molecule has 0 aliphatic carbocycles. The predicted molar refractivity (Wildman–Crippen MR) is 185 cm³/mol. The van der Waals surface area contributed by atoms with Gasteiger partial charge in [-0.05, 0) is 136 Å². The summed E-state index contributed by atoms with van der Waals surface area (Å²) in [5.74, 6) is 0. The predicted octanol–water partition coefficient (Wildman–Crippen LogP) is 6.27. The molecular formula is C34H40N6O3S2. The molecule has 0 saturated carbocycles. The first-order valence-electron chi connectivity index (χ1n) is 14.3. The first-order chi connectivity index (χ1) is 20.8. The fraction of sp³-hybridized carbons (Fsp3) is 0.235. The number of nitrogens with two attached hydrogens (primary N) is 2. The quantitative estimate of drug-likeness (QED) is 0.165. The highest BCUT2D eigenvalue weighted by molar-refractivity contribution is 7.85. The molecule has 9 nitrogen and oxygen atoms in total. The molecule has 0 spiro atoms. The van der Waals surface area contributed by atoms with E-state index in [0.717, 1.165) is 76.4 Å². The van der Waals surface area contributed by atoms with E-state index in [0.29, 0.717) is 21.7 Å². The molecule has 11 heteroatoms. The largest absolute Gasteiger partial charge is 0.412 e. The van der Waals surface area contributed by atoms with Crippen LogP contribution in [0, 0.1) is 55.4 Å². The number of benzene rings is 4. The molecule has 2 atom stereocenters. The smallest absolute Gasteiger partial charge is 0.202 e. The molecule has 6 aromatic rings.